The Hall–Kier alpha value is -2.42. The number of hydrogen-bond donors (Lipinski definition) is 0. The van der Waals surface area contributed by atoms with Gasteiger partial charge in [0.2, 0.25) is 0 Å². The molecule has 0 saturated carbocycles. The standard InChI is InChI=1S/C20H22O3/c1-4-14(2)16-5-7-18(8-6-16)20(22)13-23-19-11-9-17(10-12-19)15(3)21/h5-12,14H,4,13H2,1-3H3. The molecule has 1 unspecified atom stereocenters. The molecule has 0 fully saturated rings. The van der Waals surface area contributed by atoms with Crippen molar-refractivity contribution in [3.8, 4) is 5.75 Å². The molecule has 0 N–H and O–H groups in total. The Kier molecular flexibility index (Phi) is 5.69. The van der Waals surface area contributed by atoms with Crippen LogP contribution in [0.25, 0.3) is 0 Å². The minimum Gasteiger partial charge on any atom is -0.485 e. The lowest BCUT2D eigenvalue weighted by molar-refractivity contribution is 0.0920. The molecule has 0 aliphatic rings. The molecule has 2 aromatic carbocycles. The molecule has 0 radical (unpaired) electrons. The fourth-order valence-electron chi connectivity index (χ4n) is 2.25. The summed E-state index contributed by atoms with van der Waals surface area (Å²) in [6.07, 6.45) is 1.08. The molecular formula is C20H22O3. The van der Waals surface area contributed by atoms with Crippen molar-refractivity contribution in [2.45, 2.75) is 33.1 Å². The summed E-state index contributed by atoms with van der Waals surface area (Å²) >= 11 is 0. The Morgan fingerprint density at radius 3 is 2.04 bits per heavy atom. The Morgan fingerprint density at radius 1 is 0.957 bits per heavy atom. The number of ether oxygens (including phenoxy) is 1. The van der Waals surface area contributed by atoms with Crippen LogP contribution in [0, 0.1) is 0 Å². The minimum atomic E-state index is -0.0589. The predicted octanol–water partition coefficient (Wildman–Crippen LogP) is 4.66. The van der Waals surface area contributed by atoms with Crippen LogP contribution >= 0.6 is 0 Å². The summed E-state index contributed by atoms with van der Waals surface area (Å²) in [7, 11) is 0. The molecule has 0 saturated heterocycles. The summed E-state index contributed by atoms with van der Waals surface area (Å²) in [5.74, 6) is 1.03. The molecule has 2 aromatic rings. The van der Waals surface area contributed by atoms with Crippen LogP contribution in [0.4, 0.5) is 0 Å². The van der Waals surface area contributed by atoms with Gasteiger partial charge in [-0.05, 0) is 49.1 Å². The summed E-state index contributed by atoms with van der Waals surface area (Å²) in [5.41, 5.74) is 2.52. The number of benzene rings is 2. The Labute approximate surface area is 137 Å². The van der Waals surface area contributed by atoms with Crippen LogP contribution in [0.2, 0.25) is 0 Å². The van der Waals surface area contributed by atoms with E-state index in [2.05, 4.69) is 13.8 Å². The number of rotatable bonds is 7. The van der Waals surface area contributed by atoms with Crippen molar-refractivity contribution in [1.29, 1.82) is 0 Å². The van der Waals surface area contributed by atoms with Crippen LogP contribution in [0.15, 0.2) is 48.5 Å². The lowest BCUT2D eigenvalue weighted by Gasteiger charge is -2.10. The summed E-state index contributed by atoms with van der Waals surface area (Å²) in [6, 6.07) is 14.5. The number of carbonyl (C=O) groups excluding carboxylic acids is 2. The molecule has 3 nitrogen and oxygen atoms in total. The number of hydrogen-bond acceptors (Lipinski definition) is 3. The van der Waals surface area contributed by atoms with Gasteiger partial charge in [-0.1, -0.05) is 38.1 Å². The van der Waals surface area contributed by atoms with Gasteiger partial charge in [0, 0.05) is 11.1 Å². The van der Waals surface area contributed by atoms with Crippen LogP contribution < -0.4 is 4.74 Å². The molecular weight excluding hydrogens is 288 g/mol. The van der Waals surface area contributed by atoms with Gasteiger partial charge in [-0.2, -0.15) is 0 Å². The van der Waals surface area contributed by atoms with E-state index in [-0.39, 0.29) is 18.2 Å². The zero-order valence-corrected chi connectivity index (χ0v) is 13.8. The van der Waals surface area contributed by atoms with Crippen molar-refractivity contribution in [2.24, 2.45) is 0 Å². The average Bonchev–Trinajstić information content (AvgIpc) is 2.59. The van der Waals surface area contributed by atoms with Gasteiger partial charge in [0.15, 0.2) is 18.2 Å². The molecule has 0 spiro atoms. The Balaban J connectivity index is 1.95. The van der Waals surface area contributed by atoms with Crippen LogP contribution in [0.3, 0.4) is 0 Å². The minimum absolute atomic E-state index is 0.00836. The predicted molar refractivity (Wildman–Crippen MR) is 91.4 cm³/mol. The second-order valence-corrected chi connectivity index (χ2v) is 5.72. The SMILES string of the molecule is CCC(C)c1ccc(C(=O)COc2ccc(C(C)=O)cc2)cc1. The van der Waals surface area contributed by atoms with Gasteiger partial charge < -0.3 is 4.74 Å². The molecule has 0 aliphatic heterocycles. The van der Waals surface area contributed by atoms with Gasteiger partial charge in [0.05, 0.1) is 0 Å². The van der Waals surface area contributed by atoms with Crippen LogP contribution in [-0.4, -0.2) is 18.2 Å². The van der Waals surface area contributed by atoms with Crippen molar-refractivity contribution >= 4 is 11.6 Å². The molecule has 0 bridgehead atoms. The molecule has 0 aliphatic carbocycles. The Bertz CT molecular complexity index is 669. The third kappa shape index (κ3) is 4.52. The normalized spacial score (nSPS) is 11.8. The Morgan fingerprint density at radius 2 is 1.52 bits per heavy atom. The summed E-state index contributed by atoms with van der Waals surface area (Å²) < 4.78 is 5.49. The van der Waals surface area contributed by atoms with E-state index in [1.807, 2.05) is 24.3 Å². The van der Waals surface area contributed by atoms with E-state index in [9.17, 15) is 9.59 Å². The quantitative estimate of drug-likeness (QED) is 0.698. The lowest BCUT2D eigenvalue weighted by Crippen LogP contribution is -2.11. The van der Waals surface area contributed by atoms with Crippen molar-refractivity contribution < 1.29 is 14.3 Å². The van der Waals surface area contributed by atoms with E-state index in [1.54, 1.807) is 24.3 Å². The topological polar surface area (TPSA) is 43.4 Å². The van der Waals surface area contributed by atoms with E-state index >= 15 is 0 Å². The first-order valence-electron chi connectivity index (χ1n) is 7.88. The number of ketones is 2. The lowest BCUT2D eigenvalue weighted by atomic mass is 9.97. The molecule has 2 rings (SSSR count). The maximum absolute atomic E-state index is 12.2. The fraction of sp³-hybridized carbons (Fsp3) is 0.300. The molecule has 1 atom stereocenters. The van der Waals surface area contributed by atoms with E-state index in [0.29, 0.717) is 22.8 Å². The summed E-state index contributed by atoms with van der Waals surface area (Å²) in [6.45, 7) is 5.82. The van der Waals surface area contributed by atoms with Gasteiger partial charge in [-0.25, -0.2) is 0 Å². The number of carbonyl (C=O) groups is 2. The third-order valence-electron chi connectivity index (χ3n) is 4.04. The van der Waals surface area contributed by atoms with Crippen molar-refractivity contribution in [3.05, 3.63) is 65.2 Å². The number of Topliss-reactive ketones (excluding diaryl/α,β-unsaturated/α-hetero) is 2. The van der Waals surface area contributed by atoms with Crippen molar-refractivity contribution in [2.75, 3.05) is 6.61 Å². The third-order valence-corrected chi connectivity index (χ3v) is 4.04. The molecule has 23 heavy (non-hydrogen) atoms. The average molecular weight is 310 g/mol. The maximum Gasteiger partial charge on any atom is 0.200 e. The van der Waals surface area contributed by atoms with Crippen LogP contribution in [0.1, 0.15) is 59.4 Å². The van der Waals surface area contributed by atoms with Crippen molar-refractivity contribution in [3.63, 3.8) is 0 Å². The molecule has 3 heteroatoms. The van der Waals surface area contributed by atoms with E-state index in [1.165, 1.54) is 12.5 Å². The molecule has 0 amide bonds. The first-order chi connectivity index (χ1) is 11.0. The zero-order chi connectivity index (χ0) is 16.8. The van der Waals surface area contributed by atoms with Crippen LogP contribution in [0.5, 0.6) is 5.75 Å². The smallest absolute Gasteiger partial charge is 0.200 e. The molecule has 120 valence electrons. The van der Waals surface area contributed by atoms with Gasteiger partial charge in [-0.3, -0.25) is 9.59 Å². The van der Waals surface area contributed by atoms with Crippen LogP contribution in [-0.2, 0) is 0 Å². The maximum atomic E-state index is 12.2. The molecule has 0 heterocycles. The zero-order valence-electron chi connectivity index (χ0n) is 13.8. The monoisotopic (exact) mass is 310 g/mol. The van der Waals surface area contributed by atoms with E-state index < -0.39 is 0 Å². The fourth-order valence-corrected chi connectivity index (χ4v) is 2.25. The van der Waals surface area contributed by atoms with Gasteiger partial charge >= 0.3 is 0 Å². The highest BCUT2D eigenvalue weighted by Gasteiger charge is 2.09. The highest BCUT2D eigenvalue weighted by atomic mass is 16.5. The van der Waals surface area contributed by atoms with E-state index in [4.69, 9.17) is 4.74 Å². The highest BCUT2D eigenvalue weighted by molar-refractivity contribution is 5.97. The highest BCUT2D eigenvalue weighted by Crippen LogP contribution is 2.19. The van der Waals surface area contributed by atoms with Gasteiger partial charge in [0.1, 0.15) is 5.75 Å². The summed E-state index contributed by atoms with van der Waals surface area (Å²) in [5, 5.41) is 0. The van der Waals surface area contributed by atoms with Gasteiger partial charge in [-0.15, -0.1) is 0 Å². The largest absolute Gasteiger partial charge is 0.485 e. The first kappa shape index (κ1) is 16.9. The second-order valence-electron chi connectivity index (χ2n) is 5.72. The molecule has 0 aromatic heterocycles. The van der Waals surface area contributed by atoms with Crippen molar-refractivity contribution in [1.82, 2.24) is 0 Å². The first-order valence-corrected chi connectivity index (χ1v) is 7.88. The summed E-state index contributed by atoms with van der Waals surface area (Å²) in [4.78, 5) is 23.4. The second kappa shape index (κ2) is 7.73. The van der Waals surface area contributed by atoms with E-state index in [0.717, 1.165) is 6.42 Å². The van der Waals surface area contributed by atoms with Gasteiger partial charge in [0.25, 0.3) is 0 Å².